The van der Waals surface area contributed by atoms with Crippen LogP contribution in [0.1, 0.15) is 11.8 Å². The molecule has 1 aliphatic rings. The minimum absolute atomic E-state index is 0.163. The van der Waals surface area contributed by atoms with Gasteiger partial charge in [-0.15, -0.1) is 0 Å². The summed E-state index contributed by atoms with van der Waals surface area (Å²) in [4.78, 5) is 3.89. The smallest absolute Gasteiger partial charge is 0.246 e. The van der Waals surface area contributed by atoms with E-state index in [1.807, 2.05) is 0 Å². The number of furan rings is 1. The molecular weight excluding hydrogens is 337 g/mol. The normalized spacial score (nSPS) is 16.2. The zero-order valence-corrected chi connectivity index (χ0v) is 13.1. The summed E-state index contributed by atoms with van der Waals surface area (Å²) >= 11 is 0. The fourth-order valence-corrected chi connectivity index (χ4v) is 4.09. The van der Waals surface area contributed by atoms with Crippen LogP contribution in [0, 0.1) is 5.82 Å². The van der Waals surface area contributed by atoms with Gasteiger partial charge in [-0.2, -0.15) is 9.29 Å². The van der Waals surface area contributed by atoms with Crippen molar-refractivity contribution < 1.29 is 21.7 Å². The molecule has 2 aromatic heterocycles. The van der Waals surface area contributed by atoms with Crippen molar-refractivity contribution in [2.75, 3.05) is 13.1 Å². The molecule has 0 aliphatic carbocycles. The van der Waals surface area contributed by atoms with E-state index in [1.165, 1.54) is 28.8 Å². The predicted octanol–water partition coefficient (Wildman–Crippen LogP) is 2.26. The van der Waals surface area contributed by atoms with Gasteiger partial charge in [0.25, 0.3) is 0 Å². The van der Waals surface area contributed by atoms with Crippen LogP contribution in [0.2, 0.25) is 0 Å². The Morgan fingerprint density at radius 3 is 2.67 bits per heavy atom. The second kappa shape index (κ2) is 5.53. The maximum atomic E-state index is 13.7. The first-order valence-corrected chi connectivity index (χ1v) is 8.62. The molecule has 3 aromatic rings. The van der Waals surface area contributed by atoms with E-state index in [-0.39, 0.29) is 23.9 Å². The zero-order chi connectivity index (χ0) is 16.7. The lowest BCUT2D eigenvalue weighted by Crippen LogP contribution is -2.48. The van der Waals surface area contributed by atoms with Gasteiger partial charge in [0, 0.05) is 13.1 Å². The molecule has 7 nitrogen and oxygen atoms in total. The van der Waals surface area contributed by atoms with Crippen molar-refractivity contribution in [3.63, 3.8) is 0 Å². The zero-order valence-electron chi connectivity index (χ0n) is 12.3. The second-order valence-corrected chi connectivity index (χ2v) is 7.29. The highest BCUT2D eigenvalue weighted by Gasteiger charge is 2.41. The van der Waals surface area contributed by atoms with Gasteiger partial charge in [0.1, 0.15) is 10.7 Å². The van der Waals surface area contributed by atoms with E-state index in [4.69, 9.17) is 8.94 Å². The third-order valence-corrected chi connectivity index (χ3v) is 5.70. The summed E-state index contributed by atoms with van der Waals surface area (Å²) < 4.78 is 50.1. The molecule has 0 amide bonds. The Bertz CT molecular complexity index is 962. The molecule has 24 heavy (non-hydrogen) atoms. The quantitative estimate of drug-likeness (QED) is 0.718. The molecule has 1 saturated heterocycles. The third kappa shape index (κ3) is 2.42. The molecule has 1 aromatic carbocycles. The number of rotatable bonds is 4. The monoisotopic (exact) mass is 349 g/mol. The van der Waals surface area contributed by atoms with E-state index in [9.17, 15) is 12.8 Å². The van der Waals surface area contributed by atoms with E-state index in [0.717, 1.165) is 6.07 Å². The van der Waals surface area contributed by atoms with E-state index >= 15 is 0 Å². The summed E-state index contributed by atoms with van der Waals surface area (Å²) in [7, 11) is -3.86. The molecule has 1 aliphatic heterocycles. The van der Waals surface area contributed by atoms with Gasteiger partial charge in [-0.05, 0) is 24.3 Å². The number of nitrogens with zero attached hydrogens (tertiary/aromatic N) is 3. The van der Waals surface area contributed by atoms with E-state index < -0.39 is 15.8 Å². The fourth-order valence-electron chi connectivity index (χ4n) is 2.49. The Labute approximate surface area is 136 Å². The van der Waals surface area contributed by atoms with Crippen LogP contribution in [0.25, 0.3) is 11.6 Å². The van der Waals surface area contributed by atoms with Crippen molar-refractivity contribution >= 4 is 10.0 Å². The van der Waals surface area contributed by atoms with Crippen LogP contribution in [0.15, 0.2) is 56.5 Å². The molecule has 0 spiro atoms. The SMILES string of the molecule is O=S(=O)(c1ccccc1F)N1CC(c2nc(-c3ccco3)no2)C1. The topological polar surface area (TPSA) is 89.4 Å². The van der Waals surface area contributed by atoms with E-state index in [1.54, 1.807) is 12.1 Å². The minimum Gasteiger partial charge on any atom is -0.461 e. The van der Waals surface area contributed by atoms with Gasteiger partial charge in [0.05, 0.1) is 12.2 Å². The van der Waals surface area contributed by atoms with Crippen molar-refractivity contribution in [3.8, 4) is 11.6 Å². The van der Waals surface area contributed by atoms with Crippen molar-refractivity contribution in [3.05, 3.63) is 54.4 Å². The Balaban J connectivity index is 1.50. The molecule has 3 heterocycles. The average molecular weight is 349 g/mol. The lowest BCUT2D eigenvalue weighted by Gasteiger charge is -2.35. The van der Waals surface area contributed by atoms with Crippen molar-refractivity contribution in [1.29, 1.82) is 0 Å². The van der Waals surface area contributed by atoms with E-state index in [0.29, 0.717) is 17.5 Å². The lowest BCUT2D eigenvalue weighted by molar-refractivity contribution is 0.216. The Morgan fingerprint density at radius 1 is 1.17 bits per heavy atom. The predicted molar refractivity (Wildman–Crippen MR) is 79.9 cm³/mol. The van der Waals surface area contributed by atoms with Crippen LogP contribution < -0.4 is 0 Å². The summed E-state index contributed by atoms with van der Waals surface area (Å²) in [5.74, 6) is 0.133. The Kier molecular flexibility index (Phi) is 3.47. The van der Waals surface area contributed by atoms with Crippen molar-refractivity contribution in [2.45, 2.75) is 10.8 Å². The largest absolute Gasteiger partial charge is 0.461 e. The van der Waals surface area contributed by atoms with Crippen LogP contribution in [0.5, 0.6) is 0 Å². The van der Waals surface area contributed by atoms with Crippen molar-refractivity contribution in [1.82, 2.24) is 14.4 Å². The highest BCUT2D eigenvalue weighted by molar-refractivity contribution is 7.89. The number of hydrogen-bond donors (Lipinski definition) is 0. The van der Waals surface area contributed by atoms with Crippen LogP contribution >= 0.6 is 0 Å². The molecule has 9 heteroatoms. The van der Waals surface area contributed by atoms with Gasteiger partial charge in [0.15, 0.2) is 5.76 Å². The van der Waals surface area contributed by atoms with E-state index in [2.05, 4.69) is 10.1 Å². The summed E-state index contributed by atoms with van der Waals surface area (Å²) in [5, 5.41) is 3.81. The Morgan fingerprint density at radius 2 is 1.96 bits per heavy atom. The first-order valence-electron chi connectivity index (χ1n) is 7.18. The van der Waals surface area contributed by atoms with Crippen LogP contribution in [-0.4, -0.2) is 36.0 Å². The molecule has 0 atom stereocenters. The first-order chi connectivity index (χ1) is 11.6. The fraction of sp³-hybridized carbons (Fsp3) is 0.200. The van der Waals surface area contributed by atoms with Crippen LogP contribution in [0.3, 0.4) is 0 Å². The molecule has 0 bridgehead atoms. The van der Waals surface area contributed by atoms with Gasteiger partial charge >= 0.3 is 0 Å². The molecule has 1 fully saturated rings. The summed E-state index contributed by atoms with van der Waals surface area (Å²) in [6.45, 7) is 0.326. The van der Waals surface area contributed by atoms with Crippen molar-refractivity contribution in [2.24, 2.45) is 0 Å². The number of aromatic nitrogens is 2. The molecule has 0 unspecified atom stereocenters. The number of sulfonamides is 1. The third-order valence-electron chi connectivity index (χ3n) is 3.84. The number of hydrogen-bond acceptors (Lipinski definition) is 6. The maximum absolute atomic E-state index is 13.7. The summed E-state index contributed by atoms with van der Waals surface area (Å²) in [5.41, 5.74) is 0. The second-order valence-electron chi connectivity index (χ2n) is 5.38. The Hall–Kier alpha value is -2.52. The average Bonchev–Trinajstić information content (AvgIpc) is 3.16. The maximum Gasteiger partial charge on any atom is 0.246 e. The van der Waals surface area contributed by atoms with Gasteiger partial charge in [-0.1, -0.05) is 17.3 Å². The molecule has 0 radical (unpaired) electrons. The number of benzene rings is 1. The summed E-state index contributed by atoms with van der Waals surface area (Å²) in [6, 6.07) is 8.71. The molecule has 124 valence electrons. The molecule has 0 saturated carbocycles. The highest BCUT2D eigenvalue weighted by atomic mass is 32.2. The molecular formula is C15H12FN3O4S. The van der Waals surface area contributed by atoms with Gasteiger partial charge in [-0.3, -0.25) is 0 Å². The lowest BCUT2D eigenvalue weighted by atomic mass is 10.0. The van der Waals surface area contributed by atoms with Crippen LogP contribution in [0.4, 0.5) is 4.39 Å². The van der Waals surface area contributed by atoms with Crippen LogP contribution in [-0.2, 0) is 10.0 Å². The number of halogens is 1. The molecule has 4 rings (SSSR count). The minimum atomic E-state index is -3.86. The standard InChI is InChI=1S/C15H12FN3O4S/c16-11-4-1-2-6-13(11)24(20,21)19-8-10(9-19)15-17-14(18-23-15)12-5-3-7-22-12/h1-7,10H,8-9H2. The van der Waals surface area contributed by atoms with Gasteiger partial charge < -0.3 is 8.94 Å². The van der Waals surface area contributed by atoms with Gasteiger partial charge in [0.2, 0.25) is 21.7 Å². The summed E-state index contributed by atoms with van der Waals surface area (Å²) in [6.07, 6.45) is 1.50. The highest BCUT2D eigenvalue weighted by Crippen LogP contribution is 2.32. The first kappa shape index (κ1) is 15.0. The molecule has 0 N–H and O–H groups in total. The van der Waals surface area contributed by atoms with Gasteiger partial charge in [-0.25, -0.2) is 12.8 Å².